The van der Waals surface area contributed by atoms with Crippen molar-refractivity contribution in [3.8, 4) is 0 Å². The molecule has 0 amide bonds. The van der Waals surface area contributed by atoms with Crippen molar-refractivity contribution >= 4 is 5.78 Å². The molecule has 17 heavy (non-hydrogen) atoms. The molecule has 0 spiro atoms. The second kappa shape index (κ2) is 5.45. The normalized spacial score (nSPS) is 24.8. The minimum absolute atomic E-state index is 0.187. The number of aromatic nitrogens is 2. The maximum atomic E-state index is 12.2. The van der Waals surface area contributed by atoms with Crippen molar-refractivity contribution < 1.29 is 4.79 Å². The Bertz CT molecular complexity index is 378. The highest BCUT2D eigenvalue weighted by atomic mass is 16.1. The van der Waals surface area contributed by atoms with Gasteiger partial charge in [0.25, 0.3) is 0 Å². The predicted octanol–water partition coefficient (Wildman–Crippen LogP) is 1.85. The molecule has 0 bridgehead atoms. The number of nitrogens with zero attached hydrogens (tertiary/aromatic N) is 2. The third kappa shape index (κ3) is 2.94. The lowest BCUT2D eigenvalue weighted by Gasteiger charge is -2.24. The van der Waals surface area contributed by atoms with Crippen molar-refractivity contribution in [2.45, 2.75) is 39.2 Å². The molecule has 0 radical (unpaired) electrons. The molecule has 1 heterocycles. The van der Waals surface area contributed by atoms with Crippen LogP contribution >= 0.6 is 0 Å². The monoisotopic (exact) mass is 235 g/mol. The number of Topliss-reactive ketones (excluding diaryl/α,β-unsaturated/α-hetero) is 1. The molecule has 4 heteroatoms. The zero-order chi connectivity index (χ0) is 12.3. The standard InChI is InChI=1S/C13H21N3O/c1-10-2-4-11(5-3-10)13(17)12-8-16(7-6-14)9-15-12/h8-11H,2-7,14H2,1H3. The lowest BCUT2D eigenvalue weighted by atomic mass is 9.80. The Kier molecular flexibility index (Phi) is 3.94. The van der Waals surface area contributed by atoms with Crippen LogP contribution in [0.15, 0.2) is 12.5 Å². The summed E-state index contributed by atoms with van der Waals surface area (Å²) < 4.78 is 1.89. The SMILES string of the molecule is CC1CCC(C(=O)c2cn(CCN)cn2)CC1. The Morgan fingerprint density at radius 3 is 2.82 bits per heavy atom. The van der Waals surface area contributed by atoms with Crippen LogP contribution in [0.2, 0.25) is 0 Å². The predicted molar refractivity (Wildman–Crippen MR) is 66.7 cm³/mol. The van der Waals surface area contributed by atoms with E-state index in [9.17, 15) is 4.79 Å². The van der Waals surface area contributed by atoms with E-state index in [1.54, 1.807) is 6.33 Å². The van der Waals surface area contributed by atoms with E-state index in [1.807, 2.05) is 10.8 Å². The van der Waals surface area contributed by atoms with Crippen molar-refractivity contribution in [2.75, 3.05) is 6.54 Å². The molecule has 0 atom stereocenters. The van der Waals surface area contributed by atoms with Crippen LogP contribution in [0.3, 0.4) is 0 Å². The van der Waals surface area contributed by atoms with E-state index < -0.39 is 0 Å². The molecule has 0 aliphatic heterocycles. The molecule has 2 N–H and O–H groups in total. The Morgan fingerprint density at radius 2 is 2.18 bits per heavy atom. The molecule has 0 unspecified atom stereocenters. The summed E-state index contributed by atoms with van der Waals surface area (Å²) in [4.78, 5) is 16.4. The highest BCUT2D eigenvalue weighted by Gasteiger charge is 2.26. The van der Waals surface area contributed by atoms with E-state index in [2.05, 4.69) is 11.9 Å². The van der Waals surface area contributed by atoms with Crippen LogP contribution in [-0.2, 0) is 6.54 Å². The number of carbonyl (C=O) groups is 1. The highest BCUT2D eigenvalue weighted by Crippen LogP contribution is 2.30. The lowest BCUT2D eigenvalue weighted by Crippen LogP contribution is -2.21. The van der Waals surface area contributed by atoms with Crippen LogP contribution in [-0.4, -0.2) is 21.9 Å². The summed E-state index contributed by atoms with van der Waals surface area (Å²) in [6.07, 6.45) is 7.89. The van der Waals surface area contributed by atoms with Gasteiger partial charge in [-0.3, -0.25) is 4.79 Å². The van der Waals surface area contributed by atoms with Gasteiger partial charge in [-0.25, -0.2) is 4.98 Å². The van der Waals surface area contributed by atoms with Gasteiger partial charge < -0.3 is 10.3 Å². The minimum atomic E-state index is 0.187. The summed E-state index contributed by atoms with van der Waals surface area (Å²) >= 11 is 0. The average Bonchev–Trinajstić information content (AvgIpc) is 2.78. The molecular formula is C13H21N3O. The number of hydrogen-bond donors (Lipinski definition) is 1. The second-order valence-electron chi connectivity index (χ2n) is 5.11. The van der Waals surface area contributed by atoms with Gasteiger partial charge in [0, 0.05) is 25.2 Å². The van der Waals surface area contributed by atoms with Crippen LogP contribution in [0.4, 0.5) is 0 Å². The molecule has 1 aliphatic carbocycles. The number of hydrogen-bond acceptors (Lipinski definition) is 3. The summed E-state index contributed by atoms with van der Waals surface area (Å²) in [5, 5.41) is 0. The smallest absolute Gasteiger partial charge is 0.185 e. The fourth-order valence-electron chi connectivity index (χ4n) is 2.49. The number of imidazole rings is 1. The van der Waals surface area contributed by atoms with E-state index >= 15 is 0 Å². The first kappa shape index (κ1) is 12.3. The summed E-state index contributed by atoms with van der Waals surface area (Å²) in [5.74, 6) is 1.17. The summed E-state index contributed by atoms with van der Waals surface area (Å²) in [6.45, 7) is 3.56. The van der Waals surface area contributed by atoms with Crippen molar-refractivity contribution in [1.82, 2.24) is 9.55 Å². The Labute approximate surface area is 102 Å². The fraction of sp³-hybridized carbons (Fsp3) is 0.692. The van der Waals surface area contributed by atoms with Crippen molar-refractivity contribution in [3.63, 3.8) is 0 Å². The van der Waals surface area contributed by atoms with Gasteiger partial charge >= 0.3 is 0 Å². The van der Waals surface area contributed by atoms with Gasteiger partial charge in [-0.1, -0.05) is 19.8 Å². The van der Waals surface area contributed by atoms with Gasteiger partial charge in [0.1, 0.15) is 5.69 Å². The van der Waals surface area contributed by atoms with Crippen molar-refractivity contribution in [2.24, 2.45) is 17.6 Å². The first-order chi connectivity index (χ1) is 8.20. The van der Waals surface area contributed by atoms with Crippen LogP contribution in [0.1, 0.15) is 43.1 Å². The molecule has 1 aromatic rings. The molecule has 0 aromatic carbocycles. The first-order valence-corrected chi connectivity index (χ1v) is 6.46. The van der Waals surface area contributed by atoms with Gasteiger partial charge in [-0.2, -0.15) is 0 Å². The third-order valence-corrected chi connectivity index (χ3v) is 3.66. The van der Waals surface area contributed by atoms with Crippen molar-refractivity contribution in [3.05, 3.63) is 18.2 Å². The number of carbonyl (C=O) groups excluding carboxylic acids is 1. The van der Waals surface area contributed by atoms with Crippen LogP contribution < -0.4 is 5.73 Å². The van der Waals surface area contributed by atoms with Crippen LogP contribution in [0.25, 0.3) is 0 Å². The maximum absolute atomic E-state index is 12.2. The molecule has 94 valence electrons. The van der Waals surface area contributed by atoms with E-state index in [-0.39, 0.29) is 11.7 Å². The second-order valence-corrected chi connectivity index (χ2v) is 5.11. The number of ketones is 1. The number of rotatable bonds is 4. The Hall–Kier alpha value is -1.16. The zero-order valence-electron chi connectivity index (χ0n) is 10.4. The molecule has 0 saturated heterocycles. The van der Waals surface area contributed by atoms with E-state index in [0.717, 1.165) is 25.3 Å². The number of nitrogens with two attached hydrogens (primary N) is 1. The van der Waals surface area contributed by atoms with Gasteiger partial charge in [0.15, 0.2) is 5.78 Å². The Morgan fingerprint density at radius 1 is 1.47 bits per heavy atom. The average molecular weight is 235 g/mol. The Balaban J connectivity index is 1.98. The first-order valence-electron chi connectivity index (χ1n) is 6.46. The largest absolute Gasteiger partial charge is 0.335 e. The molecule has 1 aromatic heterocycles. The van der Waals surface area contributed by atoms with Crippen LogP contribution in [0, 0.1) is 11.8 Å². The van der Waals surface area contributed by atoms with E-state index in [1.165, 1.54) is 12.8 Å². The molecule has 4 nitrogen and oxygen atoms in total. The molecule has 1 fully saturated rings. The quantitative estimate of drug-likeness (QED) is 0.810. The van der Waals surface area contributed by atoms with Gasteiger partial charge in [0.05, 0.1) is 6.33 Å². The molecular weight excluding hydrogens is 214 g/mol. The zero-order valence-corrected chi connectivity index (χ0v) is 10.4. The van der Waals surface area contributed by atoms with Gasteiger partial charge in [0.2, 0.25) is 0 Å². The van der Waals surface area contributed by atoms with E-state index in [0.29, 0.717) is 12.2 Å². The van der Waals surface area contributed by atoms with Crippen LogP contribution in [0.5, 0.6) is 0 Å². The van der Waals surface area contributed by atoms with Gasteiger partial charge in [-0.15, -0.1) is 0 Å². The fourth-order valence-corrected chi connectivity index (χ4v) is 2.49. The summed E-state index contributed by atoms with van der Waals surface area (Å²) in [6, 6.07) is 0. The summed E-state index contributed by atoms with van der Waals surface area (Å²) in [5.41, 5.74) is 6.08. The summed E-state index contributed by atoms with van der Waals surface area (Å²) in [7, 11) is 0. The van der Waals surface area contributed by atoms with Gasteiger partial charge in [-0.05, 0) is 18.8 Å². The maximum Gasteiger partial charge on any atom is 0.185 e. The van der Waals surface area contributed by atoms with E-state index in [4.69, 9.17) is 5.73 Å². The highest BCUT2D eigenvalue weighted by molar-refractivity contribution is 5.95. The molecule has 2 rings (SSSR count). The minimum Gasteiger partial charge on any atom is -0.335 e. The topological polar surface area (TPSA) is 60.9 Å². The lowest BCUT2D eigenvalue weighted by molar-refractivity contribution is 0.0871. The van der Waals surface area contributed by atoms with Crippen molar-refractivity contribution in [1.29, 1.82) is 0 Å². The molecule has 1 aliphatic rings. The molecule has 1 saturated carbocycles. The third-order valence-electron chi connectivity index (χ3n) is 3.66.